The fourth-order valence-electron chi connectivity index (χ4n) is 3.16. The normalized spacial score (nSPS) is 11.9. The van der Waals surface area contributed by atoms with Crippen LogP contribution in [0.15, 0.2) is 72.8 Å². The Morgan fingerprint density at radius 1 is 0.889 bits per heavy atom. The predicted molar refractivity (Wildman–Crippen MR) is 104 cm³/mol. The molecule has 3 aromatic rings. The summed E-state index contributed by atoms with van der Waals surface area (Å²) in [6.07, 6.45) is 2.09. The highest BCUT2D eigenvalue weighted by Gasteiger charge is 2.22. The Bertz CT molecular complexity index is 888. The molecular formula is C22H22N2O3. The first-order chi connectivity index (χ1) is 13.1. The molecule has 0 saturated heterocycles. The maximum Gasteiger partial charge on any atom is 0.238 e. The maximum absolute atomic E-state index is 12.2. The third-order valence-electron chi connectivity index (χ3n) is 4.65. The van der Waals surface area contributed by atoms with Crippen LogP contribution in [-0.2, 0) is 12.8 Å². The van der Waals surface area contributed by atoms with E-state index < -0.39 is 6.04 Å². The van der Waals surface area contributed by atoms with Gasteiger partial charge < -0.3 is 4.98 Å². The molecule has 1 heterocycles. The van der Waals surface area contributed by atoms with Crippen molar-refractivity contribution in [1.29, 1.82) is 0 Å². The van der Waals surface area contributed by atoms with E-state index in [2.05, 4.69) is 4.98 Å². The molecule has 5 nitrogen and oxygen atoms in total. The summed E-state index contributed by atoms with van der Waals surface area (Å²) in [5.41, 5.74) is 3.38. The molecule has 3 rings (SSSR count). The molecule has 0 fully saturated rings. The fraction of sp³-hybridized carbons (Fsp3) is 0.227. The molecule has 0 saturated carbocycles. The van der Waals surface area contributed by atoms with Crippen LogP contribution in [0.3, 0.4) is 0 Å². The second kappa shape index (κ2) is 8.94. The fourth-order valence-corrected chi connectivity index (χ4v) is 3.16. The average molecular weight is 362 g/mol. The van der Waals surface area contributed by atoms with E-state index >= 15 is 0 Å². The number of ketones is 1. The van der Waals surface area contributed by atoms with E-state index in [0.717, 1.165) is 22.5 Å². The Balaban J connectivity index is 1.54. The number of nitrogens with one attached hydrogen (secondary N) is 1. The number of hydrogen-bond acceptors (Lipinski definition) is 3. The highest BCUT2D eigenvalue weighted by Crippen LogP contribution is 2.22. The highest BCUT2D eigenvalue weighted by atomic mass is 16.6. The molecule has 138 valence electrons. The Morgan fingerprint density at radius 3 is 2.11 bits per heavy atom. The number of aromatic nitrogens is 1. The number of Topliss-reactive ketones (excluding diaryl/α,β-unsaturated/α-hetero) is 1. The van der Waals surface area contributed by atoms with Crippen molar-refractivity contribution in [3.8, 4) is 0 Å². The van der Waals surface area contributed by atoms with Crippen molar-refractivity contribution in [2.45, 2.75) is 31.7 Å². The quantitative estimate of drug-likeness (QED) is 0.338. The zero-order valence-electron chi connectivity index (χ0n) is 15.0. The third-order valence-corrected chi connectivity index (χ3v) is 4.65. The van der Waals surface area contributed by atoms with E-state index in [1.807, 2.05) is 60.7 Å². The molecule has 0 aliphatic heterocycles. The van der Waals surface area contributed by atoms with Crippen LogP contribution in [0.25, 0.3) is 0 Å². The van der Waals surface area contributed by atoms with Gasteiger partial charge in [0.25, 0.3) is 0 Å². The number of nitro groups is 1. The predicted octanol–water partition coefficient (Wildman–Crippen LogP) is 4.78. The van der Waals surface area contributed by atoms with Crippen LogP contribution >= 0.6 is 0 Å². The summed E-state index contributed by atoms with van der Waals surface area (Å²) in [5.74, 6) is 0.115. The van der Waals surface area contributed by atoms with Gasteiger partial charge in [0.05, 0.1) is 0 Å². The van der Waals surface area contributed by atoms with Gasteiger partial charge >= 0.3 is 0 Å². The van der Waals surface area contributed by atoms with Gasteiger partial charge in [0.2, 0.25) is 6.04 Å². The SMILES string of the molecule is O=C(CCc1ccc(CCC(c2ccccc2)[N+](=O)[O-])[nH]1)c1ccccc1. The maximum atomic E-state index is 12.2. The lowest BCUT2D eigenvalue weighted by Crippen LogP contribution is -2.11. The van der Waals surface area contributed by atoms with Crippen molar-refractivity contribution in [3.63, 3.8) is 0 Å². The van der Waals surface area contributed by atoms with Crippen LogP contribution in [0.4, 0.5) is 0 Å². The van der Waals surface area contributed by atoms with Crippen LogP contribution in [0.5, 0.6) is 0 Å². The smallest absolute Gasteiger partial charge is 0.238 e. The van der Waals surface area contributed by atoms with Crippen LogP contribution in [-0.4, -0.2) is 15.7 Å². The summed E-state index contributed by atoms with van der Waals surface area (Å²) in [7, 11) is 0. The minimum atomic E-state index is -0.711. The van der Waals surface area contributed by atoms with Gasteiger partial charge in [-0.25, -0.2) is 0 Å². The topological polar surface area (TPSA) is 76.0 Å². The van der Waals surface area contributed by atoms with Crippen LogP contribution in [0, 0.1) is 10.1 Å². The zero-order valence-corrected chi connectivity index (χ0v) is 15.0. The molecule has 0 radical (unpaired) electrons. The Kier molecular flexibility index (Phi) is 6.15. The summed E-state index contributed by atoms with van der Waals surface area (Å²) < 4.78 is 0. The molecule has 1 N–H and O–H groups in total. The molecule has 0 bridgehead atoms. The Morgan fingerprint density at radius 2 is 1.48 bits per heavy atom. The summed E-state index contributed by atoms with van der Waals surface area (Å²) in [5, 5.41) is 11.4. The molecule has 27 heavy (non-hydrogen) atoms. The minimum absolute atomic E-state index is 0.115. The number of carbonyl (C=O) groups excluding carboxylic acids is 1. The van der Waals surface area contributed by atoms with Gasteiger partial charge in [-0.3, -0.25) is 14.9 Å². The molecule has 0 aliphatic rings. The number of rotatable bonds is 9. The van der Waals surface area contributed by atoms with Gasteiger partial charge in [0, 0.05) is 40.3 Å². The average Bonchev–Trinajstić information content (AvgIpc) is 3.15. The summed E-state index contributed by atoms with van der Waals surface area (Å²) >= 11 is 0. The van der Waals surface area contributed by atoms with Crippen molar-refractivity contribution in [3.05, 3.63) is 105 Å². The van der Waals surface area contributed by atoms with Crippen molar-refractivity contribution in [2.75, 3.05) is 0 Å². The van der Waals surface area contributed by atoms with Crippen molar-refractivity contribution in [2.24, 2.45) is 0 Å². The largest absolute Gasteiger partial charge is 0.362 e. The summed E-state index contributed by atoms with van der Waals surface area (Å²) in [6.45, 7) is 0. The minimum Gasteiger partial charge on any atom is -0.362 e. The summed E-state index contributed by atoms with van der Waals surface area (Å²) in [4.78, 5) is 26.6. The lowest BCUT2D eigenvalue weighted by Gasteiger charge is -2.09. The molecule has 1 atom stereocenters. The first-order valence-electron chi connectivity index (χ1n) is 9.07. The second-order valence-electron chi connectivity index (χ2n) is 6.55. The van der Waals surface area contributed by atoms with E-state index in [1.54, 1.807) is 12.1 Å². The molecule has 0 amide bonds. The third kappa shape index (κ3) is 5.14. The van der Waals surface area contributed by atoms with Crippen molar-refractivity contribution >= 4 is 5.78 Å². The van der Waals surface area contributed by atoms with Crippen molar-refractivity contribution in [1.82, 2.24) is 4.98 Å². The number of aromatic amines is 1. The van der Waals surface area contributed by atoms with E-state index in [-0.39, 0.29) is 10.7 Å². The molecular weight excluding hydrogens is 340 g/mol. The second-order valence-corrected chi connectivity index (χ2v) is 6.55. The standard InChI is InChI=1S/C22H22N2O3/c25-22(18-9-5-2-6-10-18)16-14-20-12-11-19(23-20)13-15-21(24(26)27)17-7-3-1-4-8-17/h1-12,21,23H,13-16H2. The number of aryl methyl sites for hydroxylation is 2. The van der Waals surface area contributed by atoms with E-state index in [4.69, 9.17) is 0 Å². The van der Waals surface area contributed by atoms with Crippen LogP contribution in [0.2, 0.25) is 0 Å². The highest BCUT2D eigenvalue weighted by molar-refractivity contribution is 5.96. The number of H-pyrrole nitrogens is 1. The van der Waals surface area contributed by atoms with Gasteiger partial charge in [-0.1, -0.05) is 60.7 Å². The van der Waals surface area contributed by atoms with Gasteiger partial charge in [-0.2, -0.15) is 0 Å². The first kappa shape index (κ1) is 18.6. The number of benzene rings is 2. The number of nitrogens with zero attached hydrogens (tertiary/aromatic N) is 1. The lowest BCUT2D eigenvalue weighted by molar-refractivity contribution is -0.530. The van der Waals surface area contributed by atoms with Crippen molar-refractivity contribution < 1.29 is 9.72 Å². The molecule has 1 aromatic heterocycles. The summed E-state index contributed by atoms with van der Waals surface area (Å²) in [6, 6.07) is 21.5. The Hall–Kier alpha value is -3.21. The monoisotopic (exact) mass is 362 g/mol. The van der Waals surface area contributed by atoms with Gasteiger partial charge in [0.15, 0.2) is 5.78 Å². The number of carbonyl (C=O) groups is 1. The van der Waals surface area contributed by atoms with Crippen LogP contribution in [0.1, 0.15) is 46.2 Å². The molecule has 0 spiro atoms. The van der Waals surface area contributed by atoms with Crippen LogP contribution < -0.4 is 0 Å². The van der Waals surface area contributed by atoms with E-state index in [1.165, 1.54) is 0 Å². The molecule has 5 heteroatoms. The van der Waals surface area contributed by atoms with Gasteiger partial charge in [0.1, 0.15) is 0 Å². The lowest BCUT2D eigenvalue weighted by atomic mass is 10.0. The van der Waals surface area contributed by atoms with E-state index in [0.29, 0.717) is 25.7 Å². The Labute approximate surface area is 158 Å². The van der Waals surface area contributed by atoms with Gasteiger partial charge in [-0.05, 0) is 25.0 Å². The molecule has 1 unspecified atom stereocenters. The molecule has 2 aromatic carbocycles. The van der Waals surface area contributed by atoms with Gasteiger partial charge in [-0.15, -0.1) is 0 Å². The van der Waals surface area contributed by atoms with E-state index in [9.17, 15) is 14.9 Å². The zero-order chi connectivity index (χ0) is 19.1. The molecule has 0 aliphatic carbocycles. The number of hydrogen-bond donors (Lipinski definition) is 1. The first-order valence-corrected chi connectivity index (χ1v) is 9.07.